The van der Waals surface area contributed by atoms with Crippen LogP contribution in [0.25, 0.3) is 0 Å². The van der Waals surface area contributed by atoms with Crippen LogP contribution in [0.2, 0.25) is 0 Å². The second-order valence-electron chi connectivity index (χ2n) is 3.72. The fraction of sp³-hybridized carbons (Fsp3) is 0.667. The molecule has 6 nitrogen and oxygen atoms in total. The van der Waals surface area contributed by atoms with E-state index >= 15 is 0 Å². The second kappa shape index (κ2) is 5.11. The van der Waals surface area contributed by atoms with Gasteiger partial charge in [-0.05, 0) is 12.8 Å². The van der Waals surface area contributed by atoms with Gasteiger partial charge in [0, 0.05) is 0 Å². The maximum atomic E-state index is 11.8. The summed E-state index contributed by atoms with van der Waals surface area (Å²) in [6.45, 7) is 0.265. The molecule has 0 aliphatic heterocycles. The Labute approximate surface area is 98.7 Å². The van der Waals surface area contributed by atoms with Gasteiger partial charge in [-0.3, -0.25) is 4.79 Å². The average Bonchev–Trinajstić information content (AvgIpc) is 2.09. The van der Waals surface area contributed by atoms with Gasteiger partial charge in [-0.25, -0.2) is 4.79 Å². The Morgan fingerprint density at radius 1 is 1.38 bits per heavy atom. The molecule has 16 heavy (non-hydrogen) atoms. The van der Waals surface area contributed by atoms with Crippen LogP contribution in [-0.2, 0) is 9.53 Å². The summed E-state index contributed by atoms with van der Waals surface area (Å²) in [7, 11) is 0. The number of carbonyl (C=O) groups excluding carboxylic acids is 2. The minimum Gasteiger partial charge on any atom is -0.448 e. The van der Waals surface area contributed by atoms with Crippen molar-refractivity contribution < 1.29 is 14.3 Å². The van der Waals surface area contributed by atoms with Crippen LogP contribution in [0.4, 0.5) is 4.79 Å². The molecule has 0 saturated heterocycles. The van der Waals surface area contributed by atoms with E-state index in [2.05, 4.69) is 10.1 Å². The summed E-state index contributed by atoms with van der Waals surface area (Å²) in [5.74, 6) is -0.195. The molecule has 0 aromatic heterocycles. The van der Waals surface area contributed by atoms with Crippen molar-refractivity contribution in [1.29, 1.82) is 0 Å². The molecule has 0 atom stereocenters. The number of hydrogen-bond acceptors (Lipinski definition) is 4. The molecule has 0 unspecified atom stereocenters. The second-order valence-corrected chi connectivity index (χ2v) is 4.16. The third kappa shape index (κ3) is 2.60. The molecule has 1 rings (SSSR count). The highest BCUT2D eigenvalue weighted by atomic mass is 32.1. The first-order valence-electron chi connectivity index (χ1n) is 4.99. The van der Waals surface area contributed by atoms with Crippen molar-refractivity contribution in [3.05, 3.63) is 0 Å². The van der Waals surface area contributed by atoms with Crippen molar-refractivity contribution in [3.8, 4) is 0 Å². The number of nitrogens with one attached hydrogen (secondary N) is 1. The molecule has 0 aromatic rings. The average molecular weight is 245 g/mol. The van der Waals surface area contributed by atoms with Gasteiger partial charge in [0.1, 0.15) is 6.61 Å². The van der Waals surface area contributed by atoms with E-state index in [9.17, 15) is 9.59 Å². The molecule has 0 heterocycles. The summed E-state index contributed by atoms with van der Waals surface area (Å²) < 4.78 is 4.48. The fourth-order valence-corrected chi connectivity index (χ4v) is 1.90. The monoisotopic (exact) mass is 245 g/mol. The van der Waals surface area contributed by atoms with E-state index in [0.29, 0.717) is 12.8 Å². The molecule has 0 bridgehead atoms. The lowest BCUT2D eigenvalue weighted by Gasteiger charge is -2.39. The summed E-state index contributed by atoms with van der Waals surface area (Å²) in [6, 6.07) is 0. The van der Waals surface area contributed by atoms with Crippen molar-refractivity contribution in [1.82, 2.24) is 5.32 Å². The van der Waals surface area contributed by atoms with Crippen molar-refractivity contribution in [2.24, 2.45) is 16.9 Å². The summed E-state index contributed by atoms with van der Waals surface area (Å²) in [6.07, 6.45) is 1.46. The van der Waals surface area contributed by atoms with Crippen LogP contribution in [-0.4, -0.2) is 30.1 Å². The number of carbonyl (C=O) groups is 2. The van der Waals surface area contributed by atoms with Crippen molar-refractivity contribution in [3.63, 3.8) is 0 Å². The minimum absolute atomic E-state index is 0.0501. The van der Waals surface area contributed by atoms with E-state index in [0.717, 1.165) is 6.42 Å². The molecule has 2 amide bonds. The summed E-state index contributed by atoms with van der Waals surface area (Å²) in [5, 5.41) is 2.62. The predicted octanol–water partition coefficient (Wildman–Crippen LogP) is -0.346. The highest BCUT2D eigenvalue weighted by molar-refractivity contribution is 7.80. The molecule has 90 valence electrons. The van der Waals surface area contributed by atoms with Crippen LogP contribution in [0.5, 0.6) is 0 Å². The van der Waals surface area contributed by atoms with Crippen molar-refractivity contribution in [2.45, 2.75) is 19.3 Å². The Kier molecular flexibility index (Phi) is 4.05. The minimum atomic E-state index is -0.859. The first-order chi connectivity index (χ1) is 7.49. The maximum Gasteiger partial charge on any atom is 0.404 e. The lowest BCUT2D eigenvalue weighted by molar-refractivity contribution is -0.130. The lowest BCUT2D eigenvalue weighted by atomic mass is 9.68. The smallest absolute Gasteiger partial charge is 0.404 e. The standard InChI is InChI=1S/C9H15N3O3S/c10-6(16)9(2-1-3-9)7(13)12-4-5-15-8(11)14/h1-5H2,(H2,10,16)(H2,11,14)(H,12,13). The van der Waals surface area contributed by atoms with Crippen LogP contribution < -0.4 is 16.8 Å². The largest absolute Gasteiger partial charge is 0.448 e. The van der Waals surface area contributed by atoms with Gasteiger partial charge >= 0.3 is 6.09 Å². The van der Waals surface area contributed by atoms with E-state index in [1.54, 1.807) is 0 Å². The lowest BCUT2D eigenvalue weighted by Crippen LogP contribution is -2.53. The van der Waals surface area contributed by atoms with Gasteiger partial charge < -0.3 is 21.5 Å². The maximum absolute atomic E-state index is 11.8. The number of hydrogen-bond donors (Lipinski definition) is 3. The summed E-state index contributed by atoms with van der Waals surface area (Å²) in [4.78, 5) is 22.3. The molecule has 7 heteroatoms. The molecule has 0 radical (unpaired) electrons. The van der Waals surface area contributed by atoms with Gasteiger partial charge in [0.05, 0.1) is 16.9 Å². The molecule has 1 saturated carbocycles. The molecule has 0 spiro atoms. The molecule has 1 aliphatic rings. The normalized spacial score (nSPS) is 17.0. The van der Waals surface area contributed by atoms with E-state index in [-0.39, 0.29) is 24.0 Å². The zero-order chi connectivity index (χ0) is 12.2. The topological polar surface area (TPSA) is 107 Å². The number of nitrogens with two attached hydrogens (primary N) is 2. The van der Waals surface area contributed by atoms with Gasteiger partial charge in [-0.15, -0.1) is 0 Å². The van der Waals surface area contributed by atoms with Gasteiger partial charge in [0.15, 0.2) is 0 Å². The Bertz CT molecular complexity index is 315. The fourth-order valence-electron chi connectivity index (χ4n) is 1.60. The van der Waals surface area contributed by atoms with Gasteiger partial charge in [0.2, 0.25) is 5.91 Å². The SMILES string of the molecule is NC(=O)OCCNC(=O)C1(C(N)=S)CCC1. The van der Waals surface area contributed by atoms with E-state index < -0.39 is 11.5 Å². The highest BCUT2D eigenvalue weighted by Gasteiger charge is 2.46. The molecule has 1 aliphatic carbocycles. The van der Waals surface area contributed by atoms with E-state index in [1.807, 2.05) is 0 Å². The zero-order valence-electron chi connectivity index (χ0n) is 8.82. The first-order valence-corrected chi connectivity index (χ1v) is 5.40. The van der Waals surface area contributed by atoms with Crippen LogP contribution in [0.1, 0.15) is 19.3 Å². The van der Waals surface area contributed by atoms with E-state index in [1.165, 1.54) is 0 Å². The summed E-state index contributed by atoms with van der Waals surface area (Å²) in [5.41, 5.74) is 9.62. The van der Waals surface area contributed by atoms with Crippen molar-refractivity contribution >= 4 is 29.2 Å². The molecule has 0 aromatic carbocycles. The van der Waals surface area contributed by atoms with Gasteiger partial charge in [-0.1, -0.05) is 18.6 Å². The number of primary amides is 1. The van der Waals surface area contributed by atoms with Crippen LogP contribution in [0.15, 0.2) is 0 Å². The van der Waals surface area contributed by atoms with E-state index in [4.69, 9.17) is 23.7 Å². The number of thiocarbonyl (C=S) groups is 1. The van der Waals surface area contributed by atoms with Crippen molar-refractivity contribution in [2.75, 3.05) is 13.2 Å². The zero-order valence-corrected chi connectivity index (χ0v) is 9.64. The molecule has 1 fully saturated rings. The van der Waals surface area contributed by atoms with Crippen LogP contribution in [0.3, 0.4) is 0 Å². The third-order valence-corrected chi connectivity index (χ3v) is 3.14. The Hall–Kier alpha value is -1.37. The van der Waals surface area contributed by atoms with Crippen LogP contribution >= 0.6 is 12.2 Å². The predicted molar refractivity (Wildman–Crippen MR) is 61.6 cm³/mol. The van der Waals surface area contributed by atoms with Gasteiger partial charge in [-0.2, -0.15) is 0 Å². The number of ether oxygens (including phenoxy) is 1. The first kappa shape index (κ1) is 12.7. The molecule has 5 N–H and O–H groups in total. The molecular weight excluding hydrogens is 230 g/mol. The highest BCUT2D eigenvalue weighted by Crippen LogP contribution is 2.41. The van der Waals surface area contributed by atoms with Crippen LogP contribution in [0, 0.1) is 5.41 Å². The van der Waals surface area contributed by atoms with Gasteiger partial charge in [0.25, 0.3) is 0 Å². The Balaban J connectivity index is 2.34. The Morgan fingerprint density at radius 3 is 2.38 bits per heavy atom. The number of amides is 2. The molecular formula is C9H15N3O3S. The Morgan fingerprint density at radius 2 is 2.00 bits per heavy atom. The summed E-state index contributed by atoms with van der Waals surface area (Å²) >= 11 is 4.89. The number of rotatable bonds is 5. The third-order valence-electron chi connectivity index (χ3n) is 2.75. The quantitative estimate of drug-likeness (QED) is 0.453.